The minimum absolute atomic E-state index is 0.431. The molecule has 6 heteroatoms. The summed E-state index contributed by atoms with van der Waals surface area (Å²) in [6.45, 7) is 0. The first-order valence-corrected chi connectivity index (χ1v) is 6.11. The second-order valence-electron chi connectivity index (χ2n) is 2.34. The third kappa shape index (κ3) is 1.67. The van der Waals surface area contributed by atoms with Crippen molar-refractivity contribution >= 4 is 48.6 Å². The van der Waals surface area contributed by atoms with E-state index in [-0.39, 0.29) is 0 Å². The molecule has 0 aliphatic carbocycles. The Morgan fingerprint density at radius 1 is 1.54 bits per heavy atom. The topological polar surface area (TPSA) is 50.2 Å². The average molecular weight is 278 g/mol. The van der Waals surface area contributed by atoms with Gasteiger partial charge in [0, 0.05) is 10.8 Å². The number of rotatable bonds is 1. The monoisotopic (exact) mass is 277 g/mol. The maximum absolute atomic E-state index is 10.8. The number of hydrogen-bond acceptors (Lipinski definition) is 3. The van der Waals surface area contributed by atoms with Crippen LogP contribution in [0.4, 0.5) is 0 Å². The molecular formula is C7H4BrNO2S2. The summed E-state index contributed by atoms with van der Waals surface area (Å²) in [6, 6.07) is 3.54. The van der Waals surface area contributed by atoms with E-state index in [0.29, 0.717) is 4.90 Å². The minimum atomic E-state index is -1.92. The highest BCUT2D eigenvalue weighted by atomic mass is 79.9. The summed E-state index contributed by atoms with van der Waals surface area (Å²) >= 11 is 2.67. The Labute approximate surface area is 89.2 Å². The van der Waals surface area contributed by atoms with Gasteiger partial charge in [0.25, 0.3) is 0 Å². The van der Waals surface area contributed by atoms with Crippen molar-refractivity contribution in [2.45, 2.75) is 4.90 Å². The van der Waals surface area contributed by atoms with Crippen LogP contribution in [-0.4, -0.2) is 13.7 Å². The van der Waals surface area contributed by atoms with Crippen LogP contribution >= 0.6 is 27.3 Å². The zero-order valence-corrected chi connectivity index (χ0v) is 9.45. The summed E-state index contributed by atoms with van der Waals surface area (Å²) in [6.07, 6.45) is 0. The number of hydrogen-bond donors (Lipinski definition) is 1. The Bertz CT molecular complexity index is 482. The van der Waals surface area contributed by atoms with Crippen molar-refractivity contribution < 1.29 is 8.76 Å². The van der Waals surface area contributed by atoms with Crippen LogP contribution in [0.15, 0.2) is 27.0 Å². The van der Waals surface area contributed by atoms with Crippen LogP contribution in [0.1, 0.15) is 0 Å². The predicted octanol–water partition coefficient (Wildman–Crippen LogP) is 2.64. The average Bonchev–Trinajstić information content (AvgIpc) is 2.46. The van der Waals surface area contributed by atoms with Gasteiger partial charge in [0.05, 0.1) is 4.90 Å². The summed E-state index contributed by atoms with van der Waals surface area (Å²) < 4.78 is 20.5. The maximum atomic E-state index is 10.8. The zero-order chi connectivity index (χ0) is 9.42. The lowest BCUT2D eigenvalue weighted by molar-refractivity contribution is 0.565. The third-order valence-electron chi connectivity index (χ3n) is 1.56. The summed E-state index contributed by atoms with van der Waals surface area (Å²) in [5.41, 5.74) is 0. The molecule has 2 aromatic rings. The van der Waals surface area contributed by atoms with E-state index < -0.39 is 11.1 Å². The normalized spacial score (nSPS) is 13.4. The Morgan fingerprint density at radius 2 is 2.31 bits per heavy atom. The summed E-state index contributed by atoms with van der Waals surface area (Å²) in [5.74, 6) is 0. The first kappa shape index (κ1) is 9.26. The van der Waals surface area contributed by atoms with Gasteiger partial charge in [-0.15, -0.1) is 11.3 Å². The number of pyridine rings is 1. The Balaban J connectivity index is 2.76. The molecule has 2 rings (SSSR count). The fourth-order valence-corrected chi connectivity index (χ4v) is 3.12. The number of aromatic nitrogens is 1. The molecule has 0 amide bonds. The standard InChI is InChI=1S/C7H4BrNO2S2/c8-6-2-1-4-5(13(10)11)3-12-7(4)9-6/h1-3H,(H,10,11). The quantitative estimate of drug-likeness (QED) is 0.644. The lowest BCUT2D eigenvalue weighted by atomic mass is 10.3. The number of fused-ring (bicyclic) bond motifs is 1. The molecule has 0 radical (unpaired) electrons. The van der Waals surface area contributed by atoms with Crippen LogP contribution in [0.3, 0.4) is 0 Å². The lowest BCUT2D eigenvalue weighted by Crippen LogP contribution is -1.85. The van der Waals surface area contributed by atoms with E-state index in [1.165, 1.54) is 11.3 Å². The van der Waals surface area contributed by atoms with Crippen LogP contribution in [0.5, 0.6) is 0 Å². The molecule has 0 aliphatic rings. The van der Waals surface area contributed by atoms with Gasteiger partial charge in [0.1, 0.15) is 9.43 Å². The van der Waals surface area contributed by atoms with Gasteiger partial charge in [-0.25, -0.2) is 9.19 Å². The molecule has 0 aromatic carbocycles. The molecule has 0 bridgehead atoms. The van der Waals surface area contributed by atoms with Crippen molar-refractivity contribution in [2.75, 3.05) is 0 Å². The van der Waals surface area contributed by atoms with E-state index in [9.17, 15) is 4.21 Å². The molecule has 0 aliphatic heterocycles. The smallest absolute Gasteiger partial charge is 0.188 e. The maximum Gasteiger partial charge on any atom is 0.188 e. The molecule has 0 fully saturated rings. The van der Waals surface area contributed by atoms with E-state index in [0.717, 1.165) is 14.8 Å². The molecule has 0 saturated heterocycles. The van der Waals surface area contributed by atoms with Crippen molar-refractivity contribution in [1.29, 1.82) is 0 Å². The van der Waals surface area contributed by atoms with Crippen LogP contribution < -0.4 is 0 Å². The van der Waals surface area contributed by atoms with Gasteiger partial charge in [-0.1, -0.05) is 0 Å². The Morgan fingerprint density at radius 3 is 3.00 bits per heavy atom. The first-order valence-electron chi connectivity index (χ1n) is 3.33. The van der Waals surface area contributed by atoms with Gasteiger partial charge < -0.3 is 4.55 Å². The van der Waals surface area contributed by atoms with Gasteiger partial charge in [0.15, 0.2) is 11.1 Å². The van der Waals surface area contributed by atoms with E-state index in [1.54, 1.807) is 17.5 Å². The van der Waals surface area contributed by atoms with Gasteiger partial charge in [-0.2, -0.15) is 0 Å². The minimum Gasteiger partial charge on any atom is -0.302 e. The fourth-order valence-electron chi connectivity index (χ4n) is 1.00. The molecule has 1 N–H and O–H groups in total. The highest BCUT2D eigenvalue weighted by Gasteiger charge is 2.09. The number of thiophene rings is 1. The number of halogens is 1. The van der Waals surface area contributed by atoms with E-state index in [1.807, 2.05) is 0 Å². The lowest BCUT2D eigenvalue weighted by Gasteiger charge is -1.92. The van der Waals surface area contributed by atoms with E-state index >= 15 is 0 Å². The Hall–Kier alpha value is -0.300. The van der Waals surface area contributed by atoms with Crippen molar-refractivity contribution in [2.24, 2.45) is 0 Å². The van der Waals surface area contributed by atoms with Crippen LogP contribution in [0.2, 0.25) is 0 Å². The van der Waals surface area contributed by atoms with Crippen molar-refractivity contribution in [3.05, 3.63) is 22.1 Å². The first-order chi connectivity index (χ1) is 6.18. The summed E-state index contributed by atoms with van der Waals surface area (Å²) in [4.78, 5) is 5.37. The van der Waals surface area contributed by atoms with Gasteiger partial charge >= 0.3 is 0 Å². The highest BCUT2D eigenvalue weighted by Crippen LogP contribution is 2.27. The second kappa shape index (κ2) is 3.45. The highest BCUT2D eigenvalue weighted by molar-refractivity contribution is 9.10. The third-order valence-corrected chi connectivity index (χ3v) is 3.75. The van der Waals surface area contributed by atoms with Gasteiger partial charge in [-0.05, 0) is 28.1 Å². The van der Waals surface area contributed by atoms with Crippen LogP contribution in [-0.2, 0) is 11.1 Å². The molecule has 2 heterocycles. The number of nitrogens with zero attached hydrogens (tertiary/aromatic N) is 1. The largest absolute Gasteiger partial charge is 0.302 e. The molecule has 0 saturated carbocycles. The Kier molecular flexibility index (Phi) is 2.46. The fraction of sp³-hybridized carbons (Fsp3) is 0. The molecule has 3 nitrogen and oxygen atoms in total. The van der Waals surface area contributed by atoms with Crippen LogP contribution in [0, 0.1) is 0 Å². The summed E-state index contributed by atoms with van der Waals surface area (Å²) in [7, 11) is 0. The zero-order valence-electron chi connectivity index (χ0n) is 6.23. The molecule has 0 spiro atoms. The van der Waals surface area contributed by atoms with Crippen LogP contribution in [0.25, 0.3) is 10.2 Å². The molecular weight excluding hydrogens is 274 g/mol. The predicted molar refractivity (Wildman–Crippen MR) is 56.4 cm³/mol. The van der Waals surface area contributed by atoms with E-state index in [4.69, 9.17) is 4.55 Å². The molecule has 1 unspecified atom stereocenters. The van der Waals surface area contributed by atoms with Gasteiger partial charge in [0.2, 0.25) is 0 Å². The molecule has 2 aromatic heterocycles. The molecule has 68 valence electrons. The molecule has 13 heavy (non-hydrogen) atoms. The second-order valence-corrected chi connectivity index (χ2v) is 4.94. The summed E-state index contributed by atoms with van der Waals surface area (Å²) in [5, 5.41) is 2.40. The SMILES string of the molecule is O=S(O)c1csc2nc(Br)ccc12. The van der Waals surface area contributed by atoms with Crippen molar-refractivity contribution in [3.63, 3.8) is 0 Å². The van der Waals surface area contributed by atoms with Crippen molar-refractivity contribution in [1.82, 2.24) is 4.98 Å². The van der Waals surface area contributed by atoms with Gasteiger partial charge in [-0.3, -0.25) is 0 Å². The van der Waals surface area contributed by atoms with E-state index in [2.05, 4.69) is 20.9 Å². The molecule has 1 atom stereocenters. The van der Waals surface area contributed by atoms with Crippen molar-refractivity contribution in [3.8, 4) is 0 Å².